The molecule has 0 aliphatic carbocycles. The molecule has 9 amide bonds. The molecule has 31 nitrogen and oxygen atoms in total. The number of hydrogen-bond acceptors (Lipinski definition) is 21. The number of carboxylic acid groups (broad SMARTS) is 1. The van der Waals surface area contributed by atoms with Crippen molar-refractivity contribution in [1.82, 2.24) is 63.8 Å². The predicted octanol–water partition coefficient (Wildman–Crippen LogP) is 0.201. The summed E-state index contributed by atoms with van der Waals surface area (Å²) in [6, 6.07) is -5.51. The highest BCUT2D eigenvalue weighted by Gasteiger charge is 2.58. The highest BCUT2D eigenvalue weighted by atomic mass is 16.4. The van der Waals surface area contributed by atoms with Gasteiger partial charge < -0.3 is 95.7 Å². The number of rotatable bonds is 46. The second kappa shape index (κ2) is 42.1. The van der Waals surface area contributed by atoms with Crippen LogP contribution in [0.3, 0.4) is 0 Å². The zero-order valence-electron chi connectivity index (χ0n) is 63.5. The molecule has 0 unspecified atom stereocenters. The molecule has 1 saturated heterocycles. The van der Waals surface area contributed by atoms with Crippen molar-refractivity contribution in [1.29, 1.82) is 0 Å². The third-order valence-corrected chi connectivity index (χ3v) is 18.7. The van der Waals surface area contributed by atoms with Crippen molar-refractivity contribution in [2.45, 2.75) is 264 Å². The summed E-state index contributed by atoms with van der Waals surface area (Å²) in [7, 11) is 0. The quantitative estimate of drug-likeness (QED) is 0.0388. The lowest BCUT2D eigenvalue weighted by Gasteiger charge is -2.35. The molecule has 20 N–H and O–H groups in total. The molecule has 1 fully saturated rings. The van der Waals surface area contributed by atoms with E-state index in [9.17, 15) is 73.2 Å². The van der Waals surface area contributed by atoms with Gasteiger partial charge in [-0.2, -0.15) is 0 Å². The Bertz CT molecular complexity index is 3240. The van der Waals surface area contributed by atoms with Gasteiger partial charge in [-0.25, -0.2) is 4.79 Å². The number of amides is 9. The van der Waals surface area contributed by atoms with Crippen molar-refractivity contribution >= 4 is 76.5 Å². The van der Waals surface area contributed by atoms with Crippen molar-refractivity contribution < 1.29 is 82.8 Å². The number of nitrogens with one attached hydrogen (secondary N) is 12. The minimum absolute atomic E-state index is 0.0110. The number of aliphatic hydroxyl groups excluding tert-OH is 2. The van der Waals surface area contributed by atoms with Gasteiger partial charge in [-0.3, -0.25) is 57.5 Å². The number of phenolic OH excluding ortho intramolecular Hbond substituents is 1. The number of carbonyl (C=O) groups excluding carboxylic acids is 12. The van der Waals surface area contributed by atoms with E-state index in [4.69, 9.17) is 11.5 Å². The molecule has 0 radical (unpaired) electrons. The molecular weight excluding hydrogens is 1360 g/mol. The van der Waals surface area contributed by atoms with Crippen molar-refractivity contribution in [3.05, 3.63) is 53.4 Å². The summed E-state index contributed by atoms with van der Waals surface area (Å²) in [5.41, 5.74) is 8.63. The number of benzene rings is 1. The second-order valence-corrected chi connectivity index (χ2v) is 30.6. The molecule has 0 bridgehead atoms. The first-order chi connectivity index (χ1) is 49.3. The Hall–Kier alpha value is -8.39. The highest BCUT2D eigenvalue weighted by molar-refractivity contribution is 6.20. The fourth-order valence-corrected chi connectivity index (χ4v) is 13.4. The van der Waals surface area contributed by atoms with Crippen molar-refractivity contribution in [2.75, 3.05) is 26.2 Å². The lowest BCUT2D eigenvalue weighted by Crippen LogP contribution is -2.60. The molecule has 3 heterocycles. The van der Waals surface area contributed by atoms with Crippen molar-refractivity contribution in [2.24, 2.45) is 47.0 Å². The minimum atomic E-state index is -1.79. The molecule has 14 atom stereocenters. The Morgan fingerprint density at radius 2 is 1.04 bits per heavy atom. The lowest BCUT2D eigenvalue weighted by atomic mass is 9.71. The molecule has 3 aliphatic heterocycles. The average Bonchev–Trinajstić information content (AvgIpc) is 1.58. The predicted molar refractivity (Wildman–Crippen MR) is 392 cm³/mol. The summed E-state index contributed by atoms with van der Waals surface area (Å²) in [5, 5.41) is 73.8. The van der Waals surface area contributed by atoms with E-state index in [1.165, 1.54) is 45.3 Å². The maximum Gasteiger partial charge on any atom is 0.328 e. The topological polar surface area (TPSA) is 499 Å². The van der Waals surface area contributed by atoms with Crippen LogP contribution in [-0.2, 0) is 68.7 Å². The van der Waals surface area contributed by atoms with E-state index in [1.807, 2.05) is 41.5 Å². The third kappa shape index (κ3) is 26.9. The summed E-state index contributed by atoms with van der Waals surface area (Å²) in [5.74, 6) is -12.8. The second-order valence-electron chi connectivity index (χ2n) is 30.6. The maximum absolute atomic E-state index is 15.6. The van der Waals surface area contributed by atoms with Crippen LogP contribution in [0.1, 0.15) is 185 Å². The van der Waals surface area contributed by atoms with Gasteiger partial charge in [-0.05, 0) is 171 Å². The number of aliphatic carboxylic acids is 1. The number of hydrogen-bond donors (Lipinski definition) is 18. The number of unbranched alkanes of at least 4 members (excludes halogenated alkanes) is 2. The Kier molecular flexibility index (Phi) is 35.7. The van der Waals surface area contributed by atoms with Crippen LogP contribution >= 0.6 is 0 Å². The minimum Gasteiger partial charge on any atom is -0.508 e. The van der Waals surface area contributed by atoms with Gasteiger partial charge >= 0.3 is 5.97 Å². The average molecular weight is 1480 g/mol. The normalized spacial score (nSPS) is 20.3. The number of ketones is 3. The Labute approximate surface area is 616 Å². The van der Waals surface area contributed by atoms with E-state index in [-0.39, 0.29) is 110 Å². The fourth-order valence-electron chi connectivity index (χ4n) is 13.4. The standard InChI is InChI=1S/C74H120N14O17/c1-39(2)29-50(64(96)87-59(45(12)89)71(103)86-57(31-41(5)6)70(102)83-55(20-15-17-27-76)67(99)84-56(30-40(3)4)69(101)81-44(11)63(95)88-60(46(13)90)72(104)105)51-37-80-74(61(51)93,34-43(9)10)52-38-79-73(62(52)94,33-42(7)8)35-49(92)36-78-65(97)58(32-47-22-24-48(91)25-23-47)85-68(100)54(19-14-16-26-75)82-66(98)53-21-18-28-77-53/h22-25,37-46,50,53-60,77,79-80,89-91H,14-21,26-36,75-76H2,1-13H3,(H,78,97)(H,81,101)(H,82,98)(H,83,102)(H,84,99)(H,85,100)(H,86,103)(H,87,96)(H,88,95)(H,104,105)/t44-,45+,46+,50-,53-,54-,55-,56-,57-,58-,59-,60-,73-,74-/m0/s1. The molecule has 3 aliphatic rings. The molecule has 0 aromatic heterocycles. The Morgan fingerprint density at radius 3 is 1.54 bits per heavy atom. The van der Waals surface area contributed by atoms with Gasteiger partial charge in [0.15, 0.2) is 23.4 Å². The van der Waals surface area contributed by atoms with E-state index in [0.717, 1.165) is 6.42 Å². The van der Waals surface area contributed by atoms with Crippen LogP contribution < -0.4 is 75.3 Å². The Balaban J connectivity index is 1.58. The van der Waals surface area contributed by atoms with Crippen molar-refractivity contribution in [3.8, 4) is 5.75 Å². The molecule has 0 spiro atoms. The number of carbonyl (C=O) groups is 13. The van der Waals surface area contributed by atoms with Gasteiger partial charge in [-0.1, -0.05) is 81.4 Å². The summed E-state index contributed by atoms with van der Waals surface area (Å²) in [6.07, 6.45) is 2.82. The van der Waals surface area contributed by atoms with E-state index in [1.54, 1.807) is 39.8 Å². The zero-order chi connectivity index (χ0) is 78.8. The van der Waals surface area contributed by atoms with Crippen LogP contribution in [0.5, 0.6) is 5.75 Å². The number of nitrogens with two attached hydrogens (primary N) is 2. The van der Waals surface area contributed by atoms with Crippen LogP contribution in [0.15, 0.2) is 47.8 Å². The van der Waals surface area contributed by atoms with Crippen LogP contribution in [0.25, 0.3) is 0 Å². The van der Waals surface area contributed by atoms with Gasteiger partial charge in [0.2, 0.25) is 53.2 Å². The zero-order valence-corrected chi connectivity index (χ0v) is 63.5. The number of carboxylic acids is 1. The molecule has 4 rings (SSSR count). The molecule has 105 heavy (non-hydrogen) atoms. The molecule has 0 saturated carbocycles. The SMILES string of the molecule is CC(C)C[C@H](C(=O)N[C@H](C(=O)N[C@@H](CC(C)C)C(=O)N[C@@H](CCCCN)C(=O)N[C@@H](CC(C)C)C(=O)N[C@@H](C)C(=O)N[C@H](C(=O)O)[C@@H](C)O)[C@@H](C)O)C1=CN[C@@](CC(C)C)(C2=CN[C@](CC(=O)CNC(=O)[C@H](Cc3ccc(O)cc3)NC(=O)[C@H](CCCCN)NC(=O)[C@@H]3CCCN3)(CC(C)C)C2=O)C1=O. The number of Topliss-reactive ketones (excluding diaryl/α,β-unsaturated/α-hetero) is 3. The van der Waals surface area contributed by atoms with E-state index in [0.29, 0.717) is 50.8 Å². The molecule has 31 heteroatoms. The van der Waals surface area contributed by atoms with E-state index >= 15 is 9.59 Å². The summed E-state index contributed by atoms with van der Waals surface area (Å²) < 4.78 is 0. The maximum atomic E-state index is 15.6. The van der Waals surface area contributed by atoms with Gasteiger partial charge in [0.05, 0.1) is 30.7 Å². The Morgan fingerprint density at radius 1 is 0.533 bits per heavy atom. The van der Waals surface area contributed by atoms with Crippen LogP contribution in [-0.4, -0.2) is 201 Å². The van der Waals surface area contributed by atoms with Crippen LogP contribution in [0.2, 0.25) is 0 Å². The van der Waals surface area contributed by atoms with Gasteiger partial charge in [-0.15, -0.1) is 0 Å². The summed E-state index contributed by atoms with van der Waals surface area (Å²) in [6.45, 7) is 22.5. The fraction of sp³-hybridized carbons (Fsp3) is 0.689. The summed E-state index contributed by atoms with van der Waals surface area (Å²) >= 11 is 0. The molecular formula is C74H120N14O17. The first-order valence-corrected chi connectivity index (χ1v) is 37.1. The number of phenols is 1. The van der Waals surface area contributed by atoms with Gasteiger partial charge in [0, 0.05) is 36.4 Å². The van der Waals surface area contributed by atoms with Gasteiger partial charge in [0.1, 0.15) is 59.1 Å². The lowest BCUT2D eigenvalue weighted by molar-refractivity contribution is -0.145. The van der Waals surface area contributed by atoms with Gasteiger partial charge in [0.25, 0.3) is 0 Å². The first kappa shape index (κ1) is 89.0. The van der Waals surface area contributed by atoms with Crippen LogP contribution in [0.4, 0.5) is 0 Å². The third-order valence-electron chi connectivity index (χ3n) is 18.7. The first-order valence-electron chi connectivity index (χ1n) is 37.1. The molecule has 1 aromatic rings. The number of aromatic hydroxyl groups is 1. The van der Waals surface area contributed by atoms with E-state index in [2.05, 4.69) is 63.8 Å². The summed E-state index contributed by atoms with van der Waals surface area (Å²) in [4.78, 5) is 184. The van der Waals surface area contributed by atoms with Crippen molar-refractivity contribution in [3.63, 3.8) is 0 Å². The van der Waals surface area contributed by atoms with E-state index < -0.39 is 167 Å². The van der Waals surface area contributed by atoms with Crippen LogP contribution in [0, 0.1) is 35.5 Å². The smallest absolute Gasteiger partial charge is 0.328 e. The number of aliphatic hydroxyl groups is 2. The molecule has 1 aromatic carbocycles. The monoisotopic (exact) mass is 1480 g/mol. The highest BCUT2D eigenvalue weighted by Crippen LogP contribution is 2.43. The molecule has 588 valence electrons. The largest absolute Gasteiger partial charge is 0.508 e.